The predicted octanol–water partition coefficient (Wildman–Crippen LogP) is 1.91. The van der Waals surface area contributed by atoms with Gasteiger partial charge in [-0.1, -0.05) is 30.3 Å². The molecule has 0 aliphatic carbocycles. The first-order valence-corrected chi connectivity index (χ1v) is 11.3. The Hall–Kier alpha value is -2.39. The van der Waals surface area contributed by atoms with Crippen LogP contribution in [0.1, 0.15) is 38.2 Å². The minimum Gasteiger partial charge on any atom is -0.612 e. The highest BCUT2D eigenvalue weighted by Gasteiger charge is 2.43. The van der Waals surface area contributed by atoms with Gasteiger partial charge in [0.2, 0.25) is 5.91 Å². The van der Waals surface area contributed by atoms with Gasteiger partial charge in [0.25, 0.3) is 5.91 Å². The van der Waals surface area contributed by atoms with E-state index in [2.05, 4.69) is 4.74 Å². The molecule has 0 aromatic heterocycles. The van der Waals surface area contributed by atoms with Crippen LogP contribution in [-0.2, 0) is 20.5 Å². The Morgan fingerprint density at radius 3 is 2.29 bits per heavy atom. The van der Waals surface area contributed by atoms with Crippen LogP contribution in [0.25, 0.3) is 0 Å². The maximum absolute atomic E-state index is 12.9. The lowest BCUT2D eigenvalue weighted by atomic mass is 10.1. The van der Waals surface area contributed by atoms with Crippen molar-refractivity contribution < 1.29 is 24.4 Å². The first-order chi connectivity index (χ1) is 13.9. The SMILES string of the molecule is C[C@H](/N=[P+](\[O-])Cc1ccccc1)C(=O)N1CCC[C@H]1C(=O)N1CCC[C@H]1C(=O)O.N.N. The Labute approximate surface area is 183 Å². The number of benzene rings is 1. The van der Waals surface area contributed by atoms with Gasteiger partial charge in [0, 0.05) is 13.1 Å². The van der Waals surface area contributed by atoms with Crippen molar-refractivity contribution in [1.29, 1.82) is 0 Å². The number of carbonyl (C=O) groups excluding carboxylic acids is 2. The number of aliphatic carboxylic acids is 1. The fraction of sp³-hybridized carbons (Fsp3) is 0.550. The summed E-state index contributed by atoms with van der Waals surface area (Å²) in [5.41, 5.74) is 0.889. The molecular weight excluding hydrogens is 421 g/mol. The minimum atomic E-state index is -1.94. The van der Waals surface area contributed by atoms with E-state index in [1.54, 1.807) is 6.92 Å². The summed E-state index contributed by atoms with van der Waals surface area (Å²) in [5, 5.41) is 9.34. The second-order valence-corrected chi connectivity index (χ2v) is 8.76. The smallest absolute Gasteiger partial charge is 0.326 e. The third kappa shape index (κ3) is 6.30. The van der Waals surface area contributed by atoms with E-state index in [0.717, 1.165) is 5.56 Å². The first kappa shape index (κ1) is 26.6. The molecule has 0 spiro atoms. The Balaban J connectivity index is 0.00000240. The van der Waals surface area contributed by atoms with Crippen LogP contribution in [0.4, 0.5) is 0 Å². The second kappa shape index (κ2) is 11.9. The number of hydrogen-bond acceptors (Lipinski definition) is 7. The molecule has 0 saturated carbocycles. The van der Waals surface area contributed by atoms with Crippen molar-refractivity contribution in [2.45, 2.75) is 56.9 Å². The van der Waals surface area contributed by atoms with Gasteiger partial charge in [-0.2, -0.15) is 0 Å². The van der Waals surface area contributed by atoms with Gasteiger partial charge in [0.1, 0.15) is 18.2 Å². The Bertz CT molecular complexity index is 806. The number of carboxylic acids is 1. The van der Waals surface area contributed by atoms with Crippen LogP contribution in [-0.4, -0.2) is 63.9 Å². The zero-order chi connectivity index (χ0) is 21.0. The highest BCUT2D eigenvalue weighted by atomic mass is 31.1. The fourth-order valence-electron chi connectivity index (χ4n) is 4.03. The van der Waals surface area contributed by atoms with Gasteiger partial charge in [-0.15, -0.1) is 4.74 Å². The molecule has 3 rings (SSSR count). The van der Waals surface area contributed by atoms with Gasteiger partial charge < -0.3 is 32.1 Å². The van der Waals surface area contributed by atoms with Crippen molar-refractivity contribution >= 4 is 25.7 Å². The van der Waals surface area contributed by atoms with E-state index < -0.39 is 32.0 Å². The Morgan fingerprint density at radius 1 is 1.10 bits per heavy atom. The molecule has 2 fully saturated rings. The third-order valence-corrected chi connectivity index (χ3v) is 6.70. The molecule has 0 bridgehead atoms. The lowest BCUT2D eigenvalue weighted by molar-refractivity contribution is -0.157. The lowest BCUT2D eigenvalue weighted by Gasteiger charge is -2.30. The normalized spacial score (nSPS) is 21.8. The van der Waals surface area contributed by atoms with E-state index in [0.29, 0.717) is 38.8 Å². The number of likely N-dealkylation sites (tertiary alicyclic amines) is 2. The van der Waals surface area contributed by atoms with E-state index in [4.69, 9.17) is 0 Å². The molecule has 2 aliphatic rings. The lowest BCUT2D eigenvalue weighted by Crippen LogP contribution is -2.52. The summed E-state index contributed by atoms with van der Waals surface area (Å²) >= 11 is 0. The molecule has 2 heterocycles. The van der Waals surface area contributed by atoms with Crippen LogP contribution in [0.15, 0.2) is 35.1 Å². The molecule has 10 nitrogen and oxygen atoms in total. The van der Waals surface area contributed by atoms with Crippen LogP contribution in [0.3, 0.4) is 0 Å². The molecule has 2 aliphatic heterocycles. The van der Waals surface area contributed by atoms with E-state index >= 15 is 0 Å². The molecule has 7 N–H and O–H groups in total. The Kier molecular flexibility index (Phi) is 10.2. The zero-order valence-corrected chi connectivity index (χ0v) is 18.7. The number of amides is 2. The largest absolute Gasteiger partial charge is 0.612 e. The third-order valence-electron chi connectivity index (χ3n) is 5.46. The maximum Gasteiger partial charge on any atom is 0.326 e. The van der Waals surface area contributed by atoms with Gasteiger partial charge in [0.15, 0.2) is 14.0 Å². The van der Waals surface area contributed by atoms with Crippen LogP contribution in [0, 0.1) is 0 Å². The van der Waals surface area contributed by atoms with Gasteiger partial charge in [-0.25, -0.2) is 4.79 Å². The maximum atomic E-state index is 12.9. The zero-order valence-electron chi connectivity index (χ0n) is 17.9. The number of carboxylic acid groups (broad SMARTS) is 1. The summed E-state index contributed by atoms with van der Waals surface area (Å²) in [6.45, 7) is 2.42. The minimum absolute atomic E-state index is 0. The number of hydrogen-bond donors (Lipinski definition) is 3. The molecular formula is C20H32N5O5P. The van der Waals surface area contributed by atoms with Crippen molar-refractivity contribution in [3.8, 4) is 0 Å². The van der Waals surface area contributed by atoms with Gasteiger partial charge >= 0.3 is 5.97 Å². The van der Waals surface area contributed by atoms with E-state index in [9.17, 15) is 24.4 Å². The molecule has 1 unspecified atom stereocenters. The molecule has 4 atom stereocenters. The molecule has 172 valence electrons. The number of nitrogens with zero attached hydrogens (tertiary/aromatic N) is 3. The van der Waals surface area contributed by atoms with Crippen LogP contribution < -0.4 is 17.2 Å². The molecule has 1 aromatic carbocycles. The molecule has 31 heavy (non-hydrogen) atoms. The van der Waals surface area contributed by atoms with Crippen molar-refractivity contribution in [2.24, 2.45) is 4.74 Å². The van der Waals surface area contributed by atoms with Crippen LogP contribution >= 0.6 is 7.94 Å². The molecule has 2 amide bonds. The summed E-state index contributed by atoms with van der Waals surface area (Å²) in [6, 6.07) is 7.02. The number of carbonyl (C=O) groups is 3. The molecule has 2 saturated heterocycles. The highest BCUT2D eigenvalue weighted by Crippen LogP contribution is 2.28. The van der Waals surface area contributed by atoms with E-state index in [1.807, 2.05) is 30.3 Å². The van der Waals surface area contributed by atoms with Crippen molar-refractivity contribution in [1.82, 2.24) is 22.1 Å². The standard InChI is InChI=1S/C20H26N3O5P.2H3N/c1-14(21-29(28)13-15-7-3-2-4-8-15)18(24)22-11-5-9-16(22)19(25)23-12-6-10-17(23)20(26)27;;/h2-4,7-8,14,16-17H,5-6,9-13H2,1H3,(H,26,27);2*1H3/t14-,16-,17-;;/m0../s1. The first-order valence-electron chi connectivity index (χ1n) is 9.91. The molecule has 11 heteroatoms. The van der Waals surface area contributed by atoms with E-state index in [-0.39, 0.29) is 30.3 Å². The van der Waals surface area contributed by atoms with Crippen molar-refractivity contribution in [3.05, 3.63) is 35.9 Å². The fourth-order valence-corrected chi connectivity index (χ4v) is 5.12. The monoisotopic (exact) mass is 453 g/mol. The predicted molar refractivity (Wildman–Crippen MR) is 116 cm³/mol. The average molecular weight is 453 g/mol. The Morgan fingerprint density at radius 2 is 1.68 bits per heavy atom. The topological polar surface area (TPSA) is 183 Å². The summed E-state index contributed by atoms with van der Waals surface area (Å²) in [6.07, 6.45) is 2.54. The van der Waals surface area contributed by atoms with Gasteiger partial charge in [-0.3, -0.25) is 9.59 Å². The summed E-state index contributed by atoms with van der Waals surface area (Å²) in [7, 11) is -1.94. The summed E-state index contributed by atoms with van der Waals surface area (Å²) in [5.74, 6) is -1.64. The molecule has 1 aromatic rings. The van der Waals surface area contributed by atoms with Crippen LogP contribution in [0.5, 0.6) is 0 Å². The van der Waals surface area contributed by atoms with E-state index in [1.165, 1.54) is 9.80 Å². The quantitative estimate of drug-likeness (QED) is 0.549. The summed E-state index contributed by atoms with van der Waals surface area (Å²) < 4.78 is 4.15. The van der Waals surface area contributed by atoms with Crippen molar-refractivity contribution in [3.63, 3.8) is 0 Å². The van der Waals surface area contributed by atoms with Gasteiger partial charge in [-0.05, 0) is 38.2 Å². The highest BCUT2D eigenvalue weighted by molar-refractivity contribution is 7.38. The number of rotatable bonds is 6. The molecule has 0 radical (unpaired) electrons. The van der Waals surface area contributed by atoms with Crippen molar-refractivity contribution in [2.75, 3.05) is 13.1 Å². The average Bonchev–Trinajstić information content (AvgIpc) is 3.37. The van der Waals surface area contributed by atoms with Gasteiger partial charge in [0.05, 0.1) is 0 Å². The summed E-state index contributed by atoms with van der Waals surface area (Å²) in [4.78, 5) is 52.5. The van der Waals surface area contributed by atoms with Crippen LogP contribution in [0.2, 0.25) is 0 Å². The second-order valence-electron chi connectivity index (χ2n) is 7.50.